The number of nitrogens with zero attached hydrogens (tertiary/aromatic N) is 2. The van der Waals surface area contributed by atoms with E-state index in [9.17, 15) is 4.79 Å². The molecule has 0 aliphatic carbocycles. The predicted octanol–water partition coefficient (Wildman–Crippen LogP) is -0.766. The molecular formula is C5H9N5O. The first-order chi connectivity index (χ1) is 5.33. The van der Waals surface area contributed by atoms with Crippen molar-refractivity contribution in [3.8, 4) is 0 Å². The minimum atomic E-state index is -0.235. The Bertz CT molecular complexity index is 219. The number of nitrogens with one attached hydrogen (secondary N) is 3. The lowest BCUT2D eigenvalue weighted by Crippen LogP contribution is -2.32. The van der Waals surface area contributed by atoms with Gasteiger partial charge in [-0.2, -0.15) is 5.10 Å². The van der Waals surface area contributed by atoms with Gasteiger partial charge in [0.05, 0.1) is 6.54 Å². The highest BCUT2D eigenvalue weighted by molar-refractivity contribution is 5.73. The molecule has 60 valence electrons. The van der Waals surface area contributed by atoms with Gasteiger partial charge >= 0.3 is 6.03 Å². The summed E-state index contributed by atoms with van der Waals surface area (Å²) in [5.74, 6) is 0.633. The maximum Gasteiger partial charge on any atom is 0.314 e. The lowest BCUT2D eigenvalue weighted by atomic mass is 10.6. The van der Waals surface area contributed by atoms with Gasteiger partial charge in [0.25, 0.3) is 0 Å². The van der Waals surface area contributed by atoms with E-state index in [1.54, 1.807) is 7.05 Å². The van der Waals surface area contributed by atoms with Crippen LogP contribution in [0.25, 0.3) is 0 Å². The molecule has 11 heavy (non-hydrogen) atoms. The molecule has 1 rings (SSSR count). The van der Waals surface area contributed by atoms with Gasteiger partial charge in [0, 0.05) is 7.05 Å². The van der Waals surface area contributed by atoms with Gasteiger partial charge < -0.3 is 10.6 Å². The Morgan fingerprint density at radius 3 is 3.18 bits per heavy atom. The number of aromatic nitrogens is 3. The SMILES string of the molecule is CNC(=O)NCc1ncn[nH]1. The van der Waals surface area contributed by atoms with Crippen molar-refractivity contribution in [2.24, 2.45) is 0 Å². The molecule has 0 aromatic carbocycles. The summed E-state index contributed by atoms with van der Waals surface area (Å²) in [7, 11) is 1.55. The Kier molecular flexibility index (Phi) is 2.42. The molecule has 1 heterocycles. The van der Waals surface area contributed by atoms with Crippen LogP contribution in [0, 0.1) is 0 Å². The highest BCUT2D eigenvalue weighted by Gasteiger charge is 1.97. The Hall–Kier alpha value is -1.59. The summed E-state index contributed by atoms with van der Waals surface area (Å²) in [6, 6.07) is -0.235. The molecule has 0 unspecified atom stereocenters. The van der Waals surface area contributed by atoms with Crippen molar-refractivity contribution in [1.82, 2.24) is 25.8 Å². The number of amides is 2. The summed E-state index contributed by atoms with van der Waals surface area (Å²) < 4.78 is 0. The van der Waals surface area contributed by atoms with Gasteiger partial charge in [0.15, 0.2) is 0 Å². The normalized spacial score (nSPS) is 9.18. The fourth-order valence-electron chi connectivity index (χ4n) is 0.568. The average Bonchev–Trinajstić information content (AvgIpc) is 2.52. The van der Waals surface area contributed by atoms with E-state index >= 15 is 0 Å². The fraction of sp³-hybridized carbons (Fsp3) is 0.400. The molecule has 0 aliphatic rings. The molecule has 0 saturated carbocycles. The van der Waals surface area contributed by atoms with Crippen molar-refractivity contribution < 1.29 is 4.79 Å². The topological polar surface area (TPSA) is 82.7 Å². The van der Waals surface area contributed by atoms with Gasteiger partial charge in [-0.15, -0.1) is 0 Å². The molecule has 0 radical (unpaired) electrons. The van der Waals surface area contributed by atoms with Gasteiger partial charge in [0.2, 0.25) is 0 Å². The van der Waals surface area contributed by atoms with Crippen molar-refractivity contribution in [1.29, 1.82) is 0 Å². The van der Waals surface area contributed by atoms with E-state index < -0.39 is 0 Å². The van der Waals surface area contributed by atoms with Crippen LogP contribution in [0.15, 0.2) is 6.33 Å². The molecule has 0 aliphatic heterocycles. The Morgan fingerprint density at radius 2 is 2.64 bits per heavy atom. The van der Waals surface area contributed by atoms with Crippen LogP contribution in [-0.2, 0) is 6.54 Å². The van der Waals surface area contributed by atoms with Crippen molar-refractivity contribution in [3.63, 3.8) is 0 Å². The third kappa shape index (κ3) is 2.24. The quantitative estimate of drug-likeness (QED) is 0.524. The standard InChI is InChI=1S/C5H9N5O/c1-6-5(11)7-2-4-8-3-9-10-4/h3H,2H2,1H3,(H2,6,7,11)(H,8,9,10). The zero-order valence-electron chi connectivity index (χ0n) is 6.09. The summed E-state index contributed by atoms with van der Waals surface area (Å²) in [6.45, 7) is 0.361. The number of carbonyl (C=O) groups excluding carboxylic acids is 1. The van der Waals surface area contributed by atoms with Crippen molar-refractivity contribution in [2.75, 3.05) is 7.05 Å². The second-order valence-corrected chi connectivity index (χ2v) is 1.86. The number of urea groups is 1. The number of rotatable bonds is 2. The highest BCUT2D eigenvalue weighted by atomic mass is 16.2. The van der Waals surface area contributed by atoms with Crippen molar-refractivity contribution in [2.45, 2.75) is 6.54 Å². The Labute approximate surface area is 63.4 Å². The Balaban J connectivity index is 2.29. The Morgan fingerprint density at radius 1 is 1.82 bits per heavy atom. The van der Waals surface area contributed by atoms with Gasteiger partial charge in [-0.05, 0) is 0 Å². The second-order valence-electron chi connectivity index (χ2n) is 1.86. The van der Waals surface area contributed by atoms with E-state index in [1.165, 1.54) is 6.33 Å². The van der Waals surface area contributed by atoms with Gasteiger partial charge in [-0.3, -0.25) is 5.10 Å². The maximum atomic E-state index is 10.6. The predicted molar refractivity (Wildman–Crippen MR) is 37.7 cm³/mol. The molecule has 0 spiro atoms. The molecule has 1 aromatic rings. The molecule has 1 aromatic heterocycles. The van der Waals surface area contributed by atoms with Gasteiger partial charge in [-0.25, -0.2) is 9.78 Å². The van der Waals surface area contributed by atoms with Crippen LogP contribution in [0.2, 0.25) is 0 Å². The first-order valence-electron chi connectivity index (χ1n) is 3.12. The van der Waals surface area contributed by atoms with Crippen LogP contribution in [0.4, 0.5) is 4.79 Å². The average molecular weight is 155 g/mol. The van der Waals surface area contributed by atoms with Crippen LogP contribution in [-0.4, -0.2) is 28.3 Å². The molecule has 2 amide bonds. The number of H-pyrrole nitrogens is 1. The molecule has 6 nitrogen and oxygen atoms in total. The van der Waals surface area contributed by atoms with Crippen LogP contribution in [0.1, 0.15) is 5.82 Å². The third-order valence-electron chi connectivity index (χ3n) is 1.11. The summed E-state index contributed by atoms with van der Waals surface area (Å²) in [5.41, 5.74) is 0. The molecule has 0 saturated heterocycles. The minimum Gasteiger partial charge on any atom is -0.341 e. The highest BCUT2D eigenvalue weighted by Crippen LogP contribution is 1.82. The maximum absolute atomic E-state index is 10.6. The van der Waals surface area contributed by atoms with E-state index in [-0.39, 0.29) is 6.03 Å². The van der Waals surface area contributed by atoms with Crippen LogP contribution in [0.3, 0.4) is 0 Å². The lowest BCUT2D eigenvalue weighted by Gasteiger charge is -1.99. The second kappa shape index (κ2) is 3.55. The van der Waals surface area contributed by atoms with E-state index in [0.717, 1.165) is 0 Å². The third-order valence-corrected chi connectivity index (χ3v) is 1.11. The van der Waals surface area contributed by atoms with E-state index in [4.69, 9.17) is 0 Å². The number of hydrogen-bond acceptors (Lipinski definition) is 3. The molecule has 3 N–H and O–H groups in total. The van der Waals surface area contributed by atoms with E-state index in [2.05, 4.69) is 25.8 Å². The van der Waals surface area contributed by atoms with E-state index in [0.29, 0.717) is 12.4 Å². The van der Waals surface area contributed by atoms with Crippen molar-refractivity contribution in [3.05, 3.63) is 12.2 Å². The van der Waals surface area contributed by atoms with E-state index in [1.807, 2.05) is 0 Å². The lowest BCUT2D eigenvalue weighted by molar-refractivity contribution is 0.242. The summed E-state index contributed by atoms with van der Waals surface area (Å²) in [4.78, 5) is 14.4. The smallest absolute Gasteiger partial charge is 0.314 e. The first-order valence-corrected chi connectivity index (χ1v) is 3.12. The molecule has 0 fully saturated rings. The summed E-state index contributed by atoms with van der Waals surface area (Å²) >= 11 is 0. The van der Waals surface area contributed by atoms with Crippen LogP contribution < -0.4 is 10.6 Å². The number of hydrogen-bond donors (Lipinski definition) is 3. The molecule has 0 bridgehead atoms. The van der Waals surface area contributed by atoms with Gasteiger partial charge in [0.1, 0.15) is 12.2 Å². The van der Waals surface area contributed by atoms with Crippen LogP contribution in [0.5, 0.6) is 0 Å². The van der Waals surface area contributed by atoms with Crippen LogP contribution >= 0.6 is 0 Å². The van der Waals surface area contributed by atoms with Gasteiger partial charge in [-0.1, -0.05) is 0 Å². The molecule has 0 atom stereocenters. The summed E-state index contributed by atoms with van der Waals surface area (Å²) in [5, 5.41) is 11.2. The monoisotopic (exact) mass is 155 g/mol. The molecular weight excluding hydrogens is 146 g/mol. The fourth-order valence-corrected chi connectivity index (χ4v) is 0.568. The first kappa shape index (κ1) is 7.52. The summed E-state index contributed by atoms with van der Waals surface area (Å²) in [6.07, 6.45) is 1.39. The molecule has 6 heteroatoms. The number of carbonyl (C=O) groups is 1. The van der Waals surface area contributed by atoms with Crippen molar-refractivity contribution >= 4 is 6.03 Å². The largest absolute Gasteiger partial charge is 0.341 e. The zero-order valence-corrected chi connectivity index (χ0v) is 6.09. The zero-order chi connectivity index (χ0) is 8.10. The number of aromatic amines is 1. The minimum absolute atomic E-state index is 0.235.